The number of piperidine rings is 1. The molecule has 3 aliphatic rings. The van der Waals surface area contributed by atoms with Crippen LogP contribution in [-0.4, -0.2) is 49.7 Å². The largest absolute Gasteiger partial charge is 0.486 e. The molecule has 7 nitrogen and oxygen atoms in total. The zero-order valence-corrected chi connectivity index (χ0v) is 19.6. The topological polar surface area (TPSA) is 79.9 Å². The Morgan fingerprint density at radius 3 is 2.38 bits per heavy atom. The van der Waals surface area contributed by atoms with Gasteiger partial charge in [-0.1, -0.05) is 37.1 Å². The summed E-state index contributed by atoms with van der Waals surface area (Å²) in [7, 11) is 0. The highest BCUT2D eigenvalue weighted by Gasteiger charge is 2.37. The fraction of sp³-hybridized carbons (Fsp3) is 0.481. The molecular weight excluding hydrogens is 430 g/mol. The first kappa shape index (κ1) is 22.6. The number of ether oxygens (including phenoxy) is 2. The van der Waals surface area contributed by atoms with Gasteiger partial charge in [-0.05, 0) is 55.5 Å². The molecule has 2 fully saturated rings. The van der Waals surface area contributed by atoms with E-state index in [-0.39, 0.29) is 23.3 Å². The van der Waals surface area contributed by atoms with E-state index < -0.39 is 0 Å². The number of benzene rings is 2. The summed E-state index contributed by atoms with van der Waals surface area (Å²) in [6, 6.07) is 15.6. The Morgan fingerprint density at radius 2 is 1.65 bits per heavy atom. The third kappa shape index (κ3) is 4.83. The molecule has 0 radical (unpaired) electrons. The number of anilines is 1. The smallest absolute Gasteiger partial charge is 0.321 e. The highest BCUT2D eigenvalue weighted by molar-refractivity contribution is 5.89. The van der Waals surface area contributed by atoms with Gasteiger partial charge in [0.1, 0.15) is 13.2 Å². The molecule has 5 rings (SSSR count). The van der Waals surface area contributed by atoms with Crippen molar-refractivity contribution in [2.24, 2.45) is 5.92 Å². The molecule has 1 saturated carbocycles. The fourth-order valence-electron chi connectivity index (χ4n) is 5.46. The van der Waals surface area contributed by atoms with E-state index >= 15 is 0 Å². The molecule has 34 heavy (non-hydrogen) atoms. The number of para-hydroxylation sites is 1. The van der Waals surface area contributed by atoms with Crippen molar-refractivity contribution >= 4 is 17.6 Å². The summed E-state index contributed by atoms with van der Waals surface area (Å²) in [5.74, 6) is 1.66. The van der Waals surface area contributed by atoms with Crippen LogP contribution < -0.4 is 20.1 Å². The highest BCUT2D eigenvalue weighted by Crippen LogP contribution is 2.44. The maximum absolute atomic E-state index is 13.1. The number of likely N-dealkylation sites (tertiary alicyclic amines) is 1. The first-order valence-corrected chi connectivity index (χ1v) is 12.4. The van der Waals surface area contributed by atoms with Gasteiger partial charge in [0, 0.05) is 36.7 Å². The lowest BCUT2D eigenvalue weighted by molar-refractivity contribution is -0.126. The molecule has 180 valence electrons. The van der Waals surface area contributed by atoms with E-state index in [1.807, 2.05) is 36.4 Å². The second-order valence-corrected chi connectivity index (χ2v) is 9.62. The van der Waals surface area contributed by atoms with Crippen molar-refractivity contribution in [3.8, 4) is 11.5 Å². The number of nitrogens with one attached hydrogen (secondary N) is 2. The Labute approximate surface area is 200 Å². The van der Waals surface area contributed by atoms with E-state index in [4.69, 9.17) is 9.47 Å². The minimum atomic E-state index is -0.103. The minimum absolute atomic E-state index is 0.0538. The molecule has 0 atom stereocenters. The van der Waals surface area contributed by atoms with Crippen molar-refractivity contribution in [2.45, 2.75) is 43.9 Å². The first-order chi connectivity index (χ1) is 16.6. The molecule has 7 heteroatoms. The van der Waals surface area contributed by atoms with Crippen LogP contribution in [0.4, 0.5) is 10.5 Å². The molecule has 2 aliphatic heterocycles. The molecule has 0 aromatic heterocycles. The standard InChI is InChI=1S/C27H33N3O4/c31-25(20-10-14-30(15-11-20)26(32)29-22-6-2-1-3-7-22)28-19-27(12-4-5-13-27)21-8-9-23-24(18-21)34-17-16-33-23/h1-3,6-9,18,20H,4-5,10-17,19H2,(H,28,31)(H,29,32). The number of hydrogen-bond acceptors (Lipinski definition) is 4. The Hall–Kier alpha value is -3.22. The number of urea groups is 1. The van der Waals surface area contributed by atoms with Crippen LogP contribution in [-0.2, 0) is 10.2 Å². The van der Waals surface area contributed by atoms with Crippen LogP contribution in [0, 0.1) is 5.92 Å². The molecule has 3 amide bonds. The van der Waals surface area contributed by atoms with E-state index in [0.29, 0.717) is 45.7 Å². The van der Waals surface area contributed by atoms with Crippen molar-refractivity contribution in [2.75, 3.05) is 38.2 Å². The Bertz CT molecular complexity index is 1010. The molecule has 0 unspecified atom stereocenters. The van der Waals surface area contributed by atoms with Crippen LogP contribution >= 0.6 is 0 Å². The van der Waals surface area contributed by atoms with E-state index in [2.05, 4.69) is 22.8 Å². The average molecular weight is 464 g/mol. The summed E-state index contributed by atoms with van der Waals surface area (Å²) in [5.41, 5.74) is 1.96. The number of carbonyl (C=O) groups is 2. The van der Waals surface area contributed by atoms with E-state index in [9.17, 15) is 9.59 Å². The average Bonchev–Trinajstić information content (AvgIpc) is 3.38. The maximum Gasteiger partial charge on any atom is 0.321 e. The number of amides is 3. The molecule has 2 aromatic rings. The van der Waals surface area contributed by atoms with Gasteiger partial charge in [-0.15, -0.1) is 0 Å². The summed E-state index contributed by atoms with van der Waals surface area (Å²) in [4.78, 5) is 27.4. The quantitative estimate of drug-likeness (QED) is 0.692. The second-order valence-electron chi connectivity index (χ2n) is 9.62. The van der Waals surface area contributed by atoms with Gasteiger partial charge in [-0.2, -0.15) is 0 Å². The number of carbonyl (C=O) groups excluding carboxylic acids is 2. The van der Waals surface area contributed by atoms with Crippen LogP contribution in [0.2, 0.25) is 0 Å². The first-order valence-electron chi connectivity index (χ1n) is 12.4. The number of rotatable bonds is 5. The third-order valence-electron chi connectivity index (χ3n) is 7.49. The lowest BCUT2D eigenvalue weighted by atomic mass is 9.78. The van der Waals surface area contributed by atoms with Crippen LogP contribution in [0.5, 0.6) is 11.5 Å². The van der Waals surface area contributed by atoms with Crippen LogP contribution in [0.15, 0.2) is 48.5 Å². The highest BCUT2D eigenvalue weighted by atomic mass is 16.6. The Kier molecular flexibility index (Phi) is 6.61. The molecular formula is C27H33N3O4. The Balaban J connectivity index is 1.16. The van der Waals surface area contributed by atoms with E-state index in [1.165, 1.54) is 18.4 Å². The van der Waals surface area contributed by atoms with E-state index in [1.54, 1.807) is 4.90 Å². The Morgan fingerprint density at radius 1 is 0.941 bits per heavy atom. The summed E-state index contributed by atoms with van der Waals surface area (Å²) in [6.07, 6.45) is 5.82. The third-order valence-corrected chi connectivity index (χ3v) is 7.49. The van der Waals surface area contributed by atoms with Gasteiger partial charge >= 0.3 is 6.03 Å². The van der Waals surface area contributed by atoms with Crippen LogP contribution in [0.3, 0.4) is 0 Å². The summed E-state index contributed by atoms with van der Waals surface area (Å²) >= 11 is 0. The fourth-order valence-corrected chi connectivity index (χ4v) is 5.46. The predicted octanol–water partition coefficient (Wildman–Crippen LogP) is 4.33. The lowest BCUT2D eigenvalue weighted by Crippen LogP contribution is -2.46. The summed E-state index contributed by atoms with van der Waals surface area (Å²) in [6.45, 7) is 2.97. The van der Waals surface area contributed by atoms with Gasteiger partial charge < -0.3 is 25.0 Å². The number of nitrogens with zero attached hydrogens (tertiary/aromatic N) is 1. The van der Waals surface area contributed by atoms with Crippen molar-refractivity contribution in [3.05, 3.63) is 54.1 Å². The molecule has 0 bridgehead atoms. The molecule has 2 N–H and O–H groups in total. The van der Waals surface area contributed by atoms with Crippen molar-refractivity contribution < 1.29 is 19.1 Å². The molecule has 1 aliphatic carbocycles. The van der Waals surface area contributed by atoms with Crippen molar-refractivity contribution in [1.82, 2.24) is 10.2 Å². The van der Waals surface area contributed by atoms with Gasteiger partial charge in [-0.3, -0.25) is 4.79 Å². The van der Waals surface area contributed by atoms with Gasteiger partial charge in [-0.25, -0.2) is 4.79 Å². The zero-order valence-electron chi connectivity index (χ0n) is 19.6. The molecule has 1 saturated heterocycles. The number of fused-ring (bicyclic) bond motifs is 1. The molecule has 2 heterocycles. The van der Waals surface area contributed by atoms with Crippen molar-refractivity contribution in [1.29, 1.82) is 0 Å². The van der Waals surface area contributed by atoms with E-state index in [0.717, 1.165) is 30.0 Å². The second kappa shape index (κ2) is 9.95. The summed E-state index contributed by atoms with van der Waals surface area (Å²) in [5, 5.41) is 6.20. The normalized spacial score (nSPS) is 19.5. The van der Waals surface area contributed by atoms with Crippen LogP contribution in [0.25, 0.3) is 0 Å². The number of hydrogen-bond donors (Lipinski definition) is 2. The van der Waals surface area contributed by atoms with Crippen molar-refractivity contribution in [3.63, 3.8) is 0 Å². The van der Waals surface area contributed by atoms with Gasteiger partial charge in [0.05, 0.1) is 0 Å². The maximum atomic E-state index is 13.1. The van der Waals surface area contributed by atoms with Gasteiger partial charge in [0.15, 0.2) is 11.5 Å². The molecule has 2 aromatic carbocycles. The lowest BCUT2D eigenvalue weighted by Gasteiger charge is -2.34. The zero-order chi connectivity index (χ0) is 23.4. The SMILES string of the molecule is O=C(NCC1(c2ccc3c(c2)OCCO3)CCCC1)C1CCN(C(=O)Nc2ccccc2)CC1. The predicted molar refractivity (Wildman–Crippen MR) is 130 cm³/mol. The van der Waals surface area contributed by atoms with Gasteiger partial charge in [0.2, 0.25) is 5.91 Å². The van der Waals surface area contributed by atoms with Gasteiger partial charge in [0.25, 0.3) is 0 Å². The minimum Gasteiger partial charge on any atom is -0.486 e. The molecule has 0 spiro atoms. The monoisotopic (exact) mass is 463 g/mol. The van der Waals surface area contributed by atoms with Crippen LogP contribution in [0.1, 0.15) is 44.1 Å². The summed E-state index contributed by atoms with van der Waals surface area (Å²) < 4.78 is 11.5.